The average molecular weight is 415 g/mol. The number of ether oxygens (including phenoxy) is 2. The smallest absolute Gasteiger partial charge is 0.264 e. The number of aromatic nitrogens is 2. The molecule has 0 aliphatic heterocycles. The van der Waals surface area contributed by atoms with Gasteiger partial charge in [0, 0.05) is 19.7 Å². The minimum Gasteiger partial charge on any atom is -0.480 e. The largest absolute Gasteiger partial charge is 0.480 e. The molecular formula is C21H22FN3O3S. The molecule has 8 heteroatoms. The first-order valence-electron chi connectivity index (χ1n) is 9.40. The highest BCUT2D eigenvalue weighted by Gasteiger charge is 2.35. The topological polar surface area (TPSA) is 64.6 Å². The van der Waals surface area contributed by atoms with E-state index in [1.807, 2.05) is 11.8 Å². The van der Waals surface area contributed by atoms with Gasteiger partial charge in [-0.15, -0.1) is 11.3 Å². The standard InChI is InChI=1S/C21H22FN3O3S/c1-12-17-19(28-3)23-16(11-27-2)24-20(17)29-18(12)21(26)25(15-8-9-15)10-13-4-6-14(22)7-5-13/h4-7,15H,8-11H2,1-3H3. The number of thiophene rings is 1. The van der Waals surface area contributed by atoms with Crippen molar-refractivity contribution in [2.75, 3.05) is 14.2 Å². The summed E-state index contributed by atoms with van der Waals surface area (Å²) < 4.78 is 23.8. The number of carbonyl (C=O) groups is 1. The molecule has 152 valence electrons. The van der Waals surface area contributed by atoms with Crippen LogP contribution in [0.4, 0.5) is 4.39 Å². The molecule has 2 aromatic heterocycles. The van der Waals surface area contributed by atoms with E-state index in [1.54, 1.807) is 26.4 Å². The third kappa shape index (κ3) is 3.95. The molecule has 1 saturated carbocycles. The van der Waals surface area contributed by atoms with Gasteiger partial charge < -0.3 is 14.4 Å². The Hall–Kier alpha value is -2.58. The van der Waals surface area contributed by atoms with Crippen molar-refractivity contribution in [3.63, 3.8) is 0 Å². The van der Waals surface area contributed by atoms with Crippen LogP contribution >= 0.6 is 11.3 Å². The number of halogens is 1. The highest BCUT2D eigenvalue weighted by Crippen LogP contribution is 2.38. The Kier molecular flexibility index (Phi) is 5.47. The van der Waals surface area contributed by atoms with Crippen LogP contribution in [-0.4, -0.2) is 41.0 Å². The Morgan fingerprint density at radius 1 is 1.24 bits per heavy atom. The third-order valence-electron chi connectivity index (χ3n) is 4.98. The van der Waals surface area contributed by atoms with E-state index in [2.05, 4.69) is 9.97 Å². The molecule has 1 fully saturated rings. The fourth-order valence-electron chi connectivity index (χ4n) is 3.36. The zero-order valence-corrected chi connectivity index (χ0v) is 17.4. The first kappa shape index (κ1) is 19.7. The van der Waals surface area contributed by atoms with E-state index >= 15 is 0 Å². The van der Waals surface area contributed by atoms with Crippen LogP contribution in [0.15, 0.2) is 24.3 Å². The molecule has 0 saturated heterocycles. The van der Waals surface area contributed by atoms with Crippen molar-refractivity contribution in [3.05, 3.63) is 51.9 Å². The lowest BCUT2D eigenvalue weighted by Crippen LogP contribution is -2.32. The minimum atomic E-state index is -0.282. The minimum absolute atomic E-state index is 0.0346. The van der Waals surface area contributed by atoms with Gasteiger partial charge in [-0.2, -0.15) is 4.98 Å². The Bertz CT molecular complexity index is 1050. The van der Waals surface area contributed by atoms with Gasteiger partial charge in [-0.3, -0.25) is 4.79 Å². The molecule has 0 bridgehead atoms. The van der Waals surface area contributed by atoms with Gasteiger partial charge in [-0.1, -0.05) is 12.1 Å². The van der Waals surface area contributed by atoms with Gasteiger partial charge in [0.05, 0.1) is 17.4 Å². The van der Waals surface area contributed by atoms with Gasteiger partial charge in [-0.05, 0) is 43.0 Å². The van der Waals surface area contributed by atoms with E-state index < -0.39 is 0 Å². The molecule has 1 amide bonds. The van der Waals surface area contributed by atoms with Gasteiger partial charge in [0.1, 0.15) is 17.3 Å². The molecule has 6 nitrogen and oxygen atoms in total. The molecule has 0 atom stereocenters. The van der Waals surface area contributed by atoms with Crippen LogP contribution in [0.1, 0.15) is 39.5 Å². The van der Waals surface area contributed by atoms with Gasteiger partial charge in [-0.25, -0.2) is 9.37 Å². The lowest BCUT2D eigenvalue weighted by Gasteiger charge is -2.22. The summed E-state index contributed by atoms with van der Waals surface area (Å²) in [6, 6.07) is 6.51. The quantitative estimate of drug-likeness (QED) is 0.581. The van der Waals surface area contributed by atoms with Crippen LogP contribution in [0.2, 0.25) is 0 Å². The van der Waals surface area contributed by atoms with Crippen molar-refractivity contribution in [1.29, 1.82) is 0 Å². The Morgan fingerprint density at radius 2 is 1.97 bits per heavy atom. The fourth-order valence-corrected chi connectivity index (χ4v) is 4.51. The molecule has 0 spiro atoms. The predicted molar refractivity (Wildman–Crippen MR) is 109 cm³/mol. The molecule has 2 heterocycles. The van der Waals surface area contributed by atoms with E-state index in [-0.39, 0.29) is 24.4 Å². The van der Waals surface area contributed by atoms with Crippen molar-refractivity contribution in [2.24, 2.45) is 0 Å². The lowest BCUT2D eigenvalue weighted by molar-refractivity contribution is 0.0734. The van der Waals surface area contributed by atoms with E-state index in [0.717, 1.165) is 29.4 Å². The number of amides is 1. The van der Waals surface area contributed by atoms with Crippen molar-refractivity contribution >= 4 is 27.5 Å². The molecule has 29 heavy (non-hydrogen) atoms. The normalized spacial score (nSPS) is 13.7. The molecule has 4 rings (SSSR count). The highest BCUT2D eigenvalue weighted by atomic mass is 32.1. The fraction of sp³-hybridized carbons (Fsp3) is 0.381. The second-order valence-electron chi connectivity index (χ2n) is 7.11. The maximum absolute atomic E-state index is 13.4. The number of benzene rings is 1. The van der Waals surface area contributed by atoms with Crippen LogP contribution < -0.4 is 4.74 Å². The number of methoxy groups -OCH3 is 2. The number of hydrogen-bond donors (Lipinski definition) is 0. The summed E-state index contributed by atoms with van der Waals surface area (Å²) in [6.45, 7) is 2.62. The van der Waals surface area contributed by atoms with E-state index in [0.29, 0.717) is 28.0 Å². The molecule has 0 N–H and O–H groups in total. The molecule has 3 aromatic rings. The molecule has 0 radical (unpaired) electrons. The first-order valence-corrected chi connectivity index (χ1v) is 10.2. The van der Waals surface area contributed by atoms with Crippen LogP contribution in [0.25, 0.3) is 10.2 Å². The van der Waals surface area contributed by atoms with Gasteiger partial charge >= 0.3 is 0 Å². The van der Waals surface area contributed by atoms with Crippen molar-refractivity contribution in [3.8, 4) is 5.88 Å². The summed E-state index contributed by atoms with van der Waals surface area (Å²) in [5.74, 6) is 0.650. The number of fused-ring (bicyclic) bond motifs is 1. The summed E-state index contributed by atoms with van der Waals surface area (Å²) in [7, 11) is 3.14. The maximum Gasteiger partial charge on any atom is 0.264 e. The molecule has 1 aliphatic carbocycles. The zero-order valence-electron chi connectivity index (χ0n) is 16.6. The summed E-state index contributed by atoms with van der Waals surface area (Å²) >= 11 is 1.35. The van der Waals surface area contributed by atoms with Crippen LogP contribution in [0, 0.1) is 12.7 Å². The van der Waals surface area contributed by atoms with Crippen molar-refractivity contribution in [2.45, 2.75) is 39.0 Å². The second-order valence-corrected chi connectivity index (χ2v) is 8.11. The Morgan fingerprint density at radius 3 is 2.59 bits per heavy atom. The van der Waals surface area contributed by atoms with E-state index in [1.165, 1.54) is 23.5 Å². The van der Waals surface area contributed by atoms with Crippen LogP contribution in [-0.2, 0) is 17.9 Å². The highest BCUT2D eigenvalue weighted by molar-refractivity contribution is 7.20. The number of aryl methyl sites for hydroxylation is 1. The number of nitrogens with zero attached hydrogens (tertiary/aromatic N) is 3. The first-order chi connectivity index (χ1) is 14.0. The molecule has 0 unspecified atom stereocenters. The second kappa shape index (κ2) is 8.04. The maximum atomic E-state index is 13.4. The molecule has 1 aliphatic rings. The van der Waals surface area contributed by atoms with Crippen LogP contribution in [0.5, 0.6) is 5.88 Å². The number of hydrogen-bond acceptors (Lipinski definition) is 6. The van der Waals surface area contributed by atoms with E-state index in [4.69, 9.17) is 9.47 Å². The number of carbonyl (C=O) groups excluding carboxylic acids is 1. The van der Waals surface area contributed by atoms with Crippen molar-refractivity contribution < 1.29 is 18.7 Å². The van der Waals surface area contributed by atoms with Gasteiger partial charge in [0.25, 0.3) is 5.91 Å². The third-order valence-corrected chi connectivity index (χ3v) is 6.15. The SMILES string of the molecule is COCc1nc(OC)c2c(C)c(C(=O)N(Cc3ccc(F)cc3)C3CC3)sc2n1. The summed E-state index contributed by atoms with van der Waals surface area (Å²) in [4.78, 5) is 25.6. The Labute approximate surface area is 172 Å². The molecular weight excluding hydrogens is 393 g/mol. The lowest BCUT2D eigenvalue weighted by atomic mass is 10.1. The van der Waals surface area contributed by atoms with Gasteiger partial charge in [0.15, 0.2) is 5.82 Å². The predicted octanol–water partition coefficient (Wildman–Crippen LogP) is 4.10. The zero-order chi connectivity index (χ0) is 20.5. The molecule has 1 aromatic carbocycles. The Balaban J connectivity index is 1.70. The summed E-state index contributed by atoms with van der Waals surface area (Å²) in [6.07, 6.45) is 1.97. The van der Waals surface area contributed by atoms with Gasteiger partial charge in [0.2, 0.25) is 5.88 Å². The number of rotatable bonds is 7. The van der Waals surface area contributed by atoms with E-state index in [9.17, 15) is 9.18 Å². The average Bonchev–Trinajstić information content (AvgIpc) is 3.50. The summed E-state index contributed by atoms with van der Waals surface area (Å²) in [5, 5.41) is 0.762. The summed E-state index contributed by atoms with van der Waals surface area (Å²) in [5.41, 5.74) is 1.73. The monoisotopic (exact) mass is 415 g/mol. The van der Waals surface area contributed by atoms with Crippen molar-refractivity contribution in [1.82, 2.24) is 14.9 Å². The van der Waals surface area contributed by atoms with Crippen LogP contribution in [0.3, 0.4) is 0 Å².